The summed E-state index contributed by atoms with van der Waals surface area (Å²) in [6.07, 6.45) is 0.138. The van der Waals surface area contributed by atoms with E-state index in [2.05, 4.69) is 10.0 Å². The van der Waals surface area contributed by atoms with Crippen LogP contribution >= 0.6 is 11.6 Å². The molecule has 0 spiro atoms. The van der Waals surface area contributed by atoms with E-state index in [0.717, 1.165) is 11.1 Å². The predicted octanol–water partition coefficient (Wildman–Crippen LogP) is 1.37. The smallest absolute Gasteiger partial charge is 0.305 e. The van der Waals surface area contributed by atoms with Gasteiger partial charge >= 0.3 is 5.97 Å². The summed E-state index contributed by atoms with van der Waals surface area (Å²) in [4.78, 5) is 38.9. The number of carbonyl (C=O) groups is 3. The van der Waals surface area contributed by atoms with Gasteiger partial charge in [-0.25, -0.2) is 13.1 Å². The maximum atomic E-state index is 13.3. The van der Waals surface area contributed by atoms with E-state index in [-0.39, 0.29) is 19.6 Å². The van der Waals surface area contributed by atoms with Crippen molar-refractivity contribution < 1.29 is 27.9 Å². The molecule has 2 amide bonds. The maximum absolute atomic E-state index is 13.3. The Morgan fingerprint density at radius 2 is 1.86 bits per heavy atom. The predicted molar refractivity (Wildman–Crippen MR) is 134 cm³/mol. The summed E-state index contributed by atoms with van der Waals surface area (Å²) in [7, 11) is -4.04. The molecule has 10 nitrogen and oxygen atoms in total. The number of benzene rings is 2. The summed E-state index contributed by atoms with van der Waals surface area (Å²) >= 11 is 6.05. The van der Waals surface area contributed by atoms with Gasteiger partial charge in [0.2, 0.25) is 21.8 Å². The van der Waals surface area contributed by atoms with Gasteiger partial charge in [0, 0.05) is 24.7 Å². The second-order valence-corrected chi connectivity index (χ2v) is 10.7. The number of halogens is 1. The standard InChI is InChI=1S/C24H29ClN4O6S/c25-19-9-8-17(13-26)18(11-19)14-27-23(32)21-7-4-10-29(21)24(33)20(12-22(30)31)28-36(34,35)15-16-5-2-1-3-6-16/h1-3,5-6,8-9,11,20-21,28H,4,7,10,12-15,26H2,(H,27,32)(H,30,31). The van der Waals surface area contributed by atoms with Gasteiger partial charge in [0.05, 0.1) is 12.2 Å². The number of aliphatic carboxylic acids is 1. The molecule has 2 atom stereocenters. The molecular weight excluding hydrogens is 508 g/mol. The van der Waals surface area contributed by atoms with Crippen molar-refractivity contribution in [2.45, 2.75) is 50.2 Å². The fourth-order valence-electron chi connectivity index (χ4n) is 4.17. The molecule has 12 heteroatoms. The first-order chi connectivity index (χ1) is 17.1. The summed E-state index contributed by atoms with van der Waals surface area (Å²) in [5.74, 6) is -2.93. The summed E-state index contributed by atoms with van der Waals surface area (Å²) in [5, 5.41) is 12.6. The topological polar surface area (TPSA) is 159 Å². The molecule has 0 aliphatic carbocycles. The quantitative estimate of drug-likeness (QED) is 0.337. The Morgan fingerprint density at radius 1 is 1.14 bits per heavy atom. The number of nitrogens with one attached hydrogen (secondary N) is 2. The molecule has 5 N–H and O–H groups in total. The minimum atomic E-state index is -4.04. The average molecular weight is 537 g/mol. The molecule has 1 saturated heterocycles. The molecule has 1 heterocycles. The SMILES string of the molecule is NCc1ccc(Cl)cc1CNC(=O)C1CCCN1C(=O)C(CC(=O)O)NS(=O)(=O)Cc1ccccc1. The van der Waals surface area contributed by atoms with Gasteiger partial charge in [-0.3, -0.25) is 14.4 Å². The van der Waals surface area contributed by atoms with Gasteiger partial charge in [0.25, 0.3) is 0 Å². The fraction of sp³-hybridized carbons (Fsp3) is 0.375. The Bertz CT molecular complexity index is 1210. The van der Waals surface area contributed by atoms with E-state index >= 15 is 0 Å². The van der Waals surface area contributed by atoms with Crippen LogP contribution < -0.4 is 15.8 Å². The Labute approximate surface area is 214 Å². The molecule has 1 aliphatic rings. The third-order valence-corrected chi connectivity index (χ3v) is 7.47. The summed E-state index contributed by atoms with van der Waals surface area (Å²) < 4.78 is 27.6. The zero-order valence-corrected chi connectivity index (χ0v) is 21.1. The molecule has 3 rings (SSSR count). The van der Waals surface area contributed by atoms with E-state index in [0.29, 0.717) is 23.4 Å². The highest BCUT2D eigenvalue weighted by Crippen LogP contribution is 2.21. The normalized spacial score (nSPS) is 16.5. The molecule has 194 valence electrons. The summed E-state index contributed by atoms with van der Waals surface area (Å²) in [6, 6.07) is 11.1. The van der Waals surface area contributed by atoms with Crippen LogP contribution in [-0.2, 0) is 43.2 Å². The van der Waals surface area contributed by atoms with Crippen LogP contribution in [0.4, 0.5) is 0 Å². The largest absolute Gasteiger partial charge is 0.481 e. The first kappa shape index (κ1) is 27.6. The lowest BCUT2D eigenvalue weighted by atomic mass is 10.1. The Morgan fingerprint density at radius 3 is 2.53 bits per heavy atom. The zero-order valence-electron chi connectivity index (χ0n) is 19.5. The molecule has 0 aromatic heterocycles. The highest BCUT2D eigenvalue weighted by molar-refractivity contribution is 7.88. The van der Waals surface area contributed by atoms with Crippen molar-refractivity contribution in [1.82, 2.24) is 14.9 Å². The lowest BCUT2D eigenvalue weighted by molar-refractivity contribution is -0.144. The fourth-order valence-corrected chi connectivity index (χ4v) is 5.69. The first-order valence-electron chi connectivity index (χ1n) is 11.4. The Kier molecular flexibility index (Phi) is 9.43. The zero-order chi connectivity index (χ0) is 26.3. The third-order valence-electron chi connectivity index (χ3n) is 5.88. The highest BCUT2D eigenvalue weighted by atomic mass is 35.5. The number of nitrogens with two attached hydrogens (primary N) is 1. The minimum absolute atomic E-state index is 0.146. The van der Waals surface area contributed by atoms with Crippen molar-refractivity contribution in [2.24, 2.45) is 5.73 Å². The van der Waals surface area contributed by atoms with Gasteiger partial charge in [0.1, 0.15) is 12.1 Å². The molecular formula is C24H29ClN4O6S. The van der Waals surface area contributed by atoms with Gasteiger partial charge in [0.15, 0.2) is 0 Å². The van der Waals surface area contributed by atoms with Crippen molar-refractivity contribution in [3.63, 3.8) is 0 Å². The lowest BCUT2D eigenvalue weighted by Crippen LogP contribution is -2.54. The van der Waals surface area contributed by atoms with E-state index < -0.39 is 52.1 Å². The molecule has 1 aliphatic heterocycles. The molecule has 2 aromatic carbocycles. The average Bonchev–Trinajstić information content (AvgIpc) is 3.31. The van der Waals surface area contributed by atoms with E-state index in [4.69, 9.17) is 17.3 Å². The third kappa shape index (κ3) is 7.50. The van der Waals surface area contributed by atoms with Crippen LogP contribution in [0.15, 0.2) is 48.5 Å². The minimum Gasteiger partial charge on any atom is -0.481 e. The second-order valence-electron chi connectivity index (χ2n) is 8.54. The molecule has 1 fully saturated rings. The molecule has 2 unspecified atom stereocenters. The monoisotopic (exact) mass is 536 g/mol. The van der Waals surface area contributed by atoms with Crippen molar-refractivity contribution >= 4 is 39.4 Å². The van der Waals surface area contributed by atoms with Crippen LogP contribution in [0.2, 0.25) is 5.02 Å². The second kappa shape index (κ2) is 12.3. The number of likely N-dealkylation sites (tertiary alicyclic amines) is 1. The van der Waals surface area contributed by atoms with Crippen molar-refractivity contribution in [3.05, 3.63) is 70.2 Å². The molecule has 0 radical (unpaired) electrons. The van der Waals surface area contributed by atoms with Crippen LogP contribution in [0, 0.1) is 0 Å². The lowest BCUT2D eigenvalue weighted by Gasteiger charge is -2.28. The van der Waals surface area contributed by atoms with Gasteiger partial charge in [-0.1, -0.05) is 48.0 Å². The number of rotatable bonds is 11. The highest BCUT2D eigenvalue weighted by Gasteiger charge is 2.39. The van der Waals surface area contributed by atoms with E-state index in [1.54, 1.807) is 48.5 Å². The maximum Gasteiger partial charge on any atom is 0.305 e. The Hall–Kier alpha value is -2.99. The molecule has 2 aromatic rings. The molecule has 0 bridgehead atoms. The number of hydrogen-bond acceptors (Lipinski definition) is 6. The number of carboxylic acids is 1. The molecule has 0 saturated carbocycles. The number of carboxylic acid groups (broad SMARTS) is 1. The van der Waals surface area contributed by atoms with Crippen LogP contribution in [0.1, 0.15) is 36.0 Å². The van der Waals surface area contributed by atoms with Gasteiger partial charge in [-0.2, -0.15) is 0 Å². The first-order valence-corrected chi connectivity index (χ1v) is 13.4. The van der Waals surface area contributed by atoms with E-state index in [1.807, 2.05) is 0 Å². The van der Waals surface area contributed by atoms with Crippen LogP contribution in [-0.4, -0.2) is 54.8 Å². The summed E-state index contributed by atoms with van der Waals surface area (Å²) in [6.45, 7) is 0.613. The van der Waals surface area contributed by atoms with E-state index in [1.165, 1.54) is 4.90 Å². The number of amides is 2. The van der Waals surface area contributed by atoms with Crippen LogP contribution in [0.5, 0.6) is 0 Å². The van der Waals surface area contributed by atoms with E-state index in [9.17, 15) is 27.9 Å². The van der Waals surface area contributed by atoms with Gasteiger partial charge < -0.3 is 21.1 Å². The summed E-state index contributed by atoms with van der Waals surface area (Å²) in [5.41, 5.74) is 7.79. The number of hydrogen-bond donors (Lipinski definition) is 4. The van der Waals surface area contributed by atoms with Crippen LogP contribution in [0.3, 0.4) is 0 Å². The molecule has 36 heavy (non-hydrogen) atoms. The Balaban J connectivity index is 1.71. The van der Waals surface area contributed by atoms with Gasteiger partial charge in [-0.15, -0.1) is 0 Å². The van der Waals surface area contributed by atoms with Crippen molar-refractivity contribution in [2.75, 3.05) is 6.54 Å². The van der Waals surface area contributed by atoms with Crippen LogP contribution in [0.25, 0.3) is 0 Å². The van der Waals surface area contributed by atoms with Crippen molar-refractivity contribution in [1.29, 1.82) is 0 Å². The van der Waals surface area contributed by atoms with Gasteiger partial charge in [-0.05, 0) is 41.7 Å². The number of nitrogens with zero attached hydrogens (tertiary/aromatic N) is 1. The number of carbonyl (C=O) groups excluding carboxylic acids is 2. The number of sulfonamides is 1. The van der Waals surface area contributed by atoms with Crippen molar-refractivity contribution in [3.8, 4) is 0 Å².